The van der Waals surface area contributed by atoms with Gasteiger partial charge in [0, 0.05) is 30.3 Å². The number of amides is 2. The van der Waals surface area contributed by atoms with Crippen molar-refractivity contribution in [1.29, 1.82) is 0 Å². The van der Waals surface area contributed by atoms with Crippen LogP contribution >= 0.6 is 0 Å². The van der Waals surface area contributed by atoms with Crippen LogP contribution in [0.15, 0.2) is 53.8 Å². The maximum absolute atomic E-state index is 12.9. The second-order valence-corrected chi connectivity index (χ2v) is 7.63. The first-order chi connectivity index (χ1) is 14.2. The number of carbonyl (C=O) groups is 2. The number of nitrogens with one attached hydrogen (secondary N) is 2. The molecule has 1 saturated heterocycles. The standard InChI is InChI=1S/C22H23N3O4/c26-19(11-25-7-9-28-10-8-25)23-18-6-5-14-12-29-13-16(14)20(18)21-15-3-1-2-4-17(15)24-22(21)27/h1-6,12,16,18H,7-11,13H2,(H,23,26)(H,24,27). The van der Waals surface area contributed by atoms with Crippen LogP contribution < -0.4 is 10.6 Å². The highest BCUT2D eigenvalue weighted by atomic mass is 16.5. The summed E-state index contributed by atoms with van der Waals surface area (Å²) in [6, 6.07) is 7.32. The summed E-state index contributed by atoms with van der Waals surface area (Å²) in [6.45, 7) is 3.60. The van der Waals surface area contributed by atoms with E-state index in [0.717, 1.165) is 35.5 Å². The molecule has 4 aliphatic rings. The molecular weight excluding hydrogens is 370 g/mol. The van der Waals surface area contributed by atoms with Crippen LogP contribution in [0.5, 0.6) is 0 Å². The number of rotatable bonds is 3. The number of morpholine rings is 1. The zero-order chi connectivity index (χ0) is 19.8. The average molecular weight is 393 g/mol. The lowest BCUT2D eigenvalue weighted by atomic mass is 9.79. The average Bonchev–Trinajstić information content (AvgIpc) is 3.32. The van der Waals surface area contributed by atoms with Gasteiger partial charge in [0.15, 0.2) is 0 Å². The van der Waals surface area contributed by atoms with Crippen molar-refractivity contribution in [2.45, 2.75) is 6.04 Å². The molecule has 3 heterocycles. The van der Waals surface area contributed by atoms with Crippen molar-refractivity contribution < 1.29 is 19.1 Å². The number of fused-ring (bicyclic) bond motifs is 2. The van der Waals surface area contributed by atoms with Gasteiger partial charge in [-0.2, -0.15) is 0 Å². The molecule has 2 N–H and O–H groups in total. The van der Waals surface area contributed by atoms with Gasteiger partial charge in [-0.25, -0.2) is 0 Å². The van der Waals surface area contributed by atoms with E-state index in [-0.39, 0.29) is 23.8 Å². The number of hydrogen-bond donors (Lipinski definition) is 2. The molecule has 5 rings (SSSR count). The fourth-order valence-electron chi connectivity index (χ4n) is 4.41. The van der Waals surface area contributed by atoms with Crippen molar-refractivity contribution >= 4 is 23.1 Å². The van der Waals surface area contributed by atoms with Crippen LogP contribution in [-0.2, 0) is 19.1 Å². The van der Waals surface area contributed by atoms with Crippen LogP contribution in [0.3, 0.4) is 0 Å². The van der Waals surface area contributed by atoms with Crippen molar-refractivity contribution in [2.75, 3.05) is 44.8 Å². The number of carbonyl (C=O) groups excluding carboxylic acids is 2. The van der Waals surface area contributed by atoms with E-state index in [1.165, 1.54) is 0 Å². The lowest BCUT2D eigenvalue weighted by molar-refractivity contribution is -0.123. The Labute approximate surface area is 169 Å². The normalized spacial score (nSPS) is 28.3. The second-order valence-electron chi connectivity index (χ2n) is 7.63. The smallest absolute Gasteiger partial charge is 0.256 e. The molecule has 1 aromatic carbocycles. The van der Waals surface area contributed by atoms with Crippen LogP contribution in [0.2, 0.25) is 0 Å². The first-order valence-corrected chi connectivity index (χ1v) is 9.95. The fraction of sp³-hybridized carbons (Fsp3) is 0.364. The van der Waals surface area contributed by atoms with Crippen molar-refractivity contribution in [2.24, 2.45) is 5.92 Å². The minimum atomic E-state index is -0.348. The molecule has 7 nitrogen and oxygen atoms in total. The zero-order valence-electron chi connectivity index (χ0n) is 16.0. The Morgan fingerprint density at radius 3 is 2.93 bits per heavy atom. The van der Waals surface area contributed by atoms with Gasteiger partial charge in [0.2, 0.25) is 5.91 Å². The molecule has 2 unspecified atom stereocenters. The highest BCUT2D eigenvalue weighted by molar-refractivity contribution is 6.32. The van der Waals surface area contributed by atoms with Crippen LogP contribution in [0.4, 0.5) is 5.69 Å². The van der Waals surface area contributed by atoms with E-state index in [1.807, 2.05) is 36.4 Å². The maximum atomic E-state index is 12.9. The Hall–Kier alpha value is -2.90. The van der Waals surface area contributed by atoms with E-state index < -0.39 is 0 Å². The number of ether oxygens (including phenoxy) is 2. The van der Waals surface area contributed by atoms with Crippen molar-refractivity contribution in [3.63, 3.8) is 0 Å². The molecule has 3 aliphatic heterocycles. The summed E-state index contributed by atoms with van der Waals surface area (Å²) in [7, 11) is 0. The largest absolute Gasteiger partial charge is 0.500 e. The summed E-state index contributed by atoms with van der Waals surface area (Å²) in [5.74, 6) is -0.228. The number of benzene rings is 1. The van der Waals surface area contributed by atoms with Crippen LogP contribution in [0.25, 0.3) is 5.57 Å². The molecule has 0 radical (unpaired) electrons. The number of allylic oxidation sites excluding steroid dienone is 1. The van der Waals surface area contributed by atoms with E-state index in [1.54, 1.807) is 6.26 Å². The predicted molar refractivity (Wildman–Crippen MR) is 108 cm³/mol. The van der Waals surface area contributed by atoms with Gasteiger partial charge in [0.25, 0.3) is 5.91 Å². The Bertz CT molecular complexity index is 943. The van der Waals surface area contributed by atoms with Crippen molar-refractivity contribution in [3.8, 4) is 0 Å². The third-order valence-corrected chi connectivity index (χ3v) is 5.82. The van der Waals surface area contributed by atoms with Gasteiger partial charge in [-0.1, -0.05) is 30.4 Å². The van der Waals surface area contributed by atoms with Gasteiger partial charge in [0.05, 0.1) is 44.2 Å². The lowest BCUT2D eigenvalue weighted by Crippen LogP contribution is -2.47. The van der Waals surface area contributed by atoms with Crippen molar-refractivity contribution in [1.82, 2.24) is 10.2 Å². The summed E-state index contributed by atoms with van der Waals surface area (Å²) >= 11 is 0. The SMILES string of the molecule is O=C(CN1CCOCC1)NC1C=CC2=COCC2C1=C1C(=O)Nc2ccccc21. The zero-order valence-corrected chi connectivity index (χ0v) is 16.0. The molecule has 7 heteroatoms. The molecule has 29 heavy (non-hydrogen) atoms. The molecule has 0 aromatic heterocycles. The Morgan fingerprint density at radius 1 is 1.24 bits per heavy atom. The third-order valence-electron chi connectivity index (χ3n) is 5.82. The molecule has 0 saturated carbocycles. The van der Waals surface area contributed by atoms with Gasteiger partial charge in [-0.15, -0.1) is 0 Å². The van der Waals surface area contributed by atoms with Gasteiger partial charge >= 0.3 is 0 Å². The summed E-state index contributed by atoms with van der Waals surface area (Å²) in [6.07, 6.45) is 5.68. The summed E-state index contributed by atoms with van der Waals surface area (Å²) < 4.78 is 10.9. The summed E-state index contributed by atoms with van der Waals surface area (Å²) in [5.41, 5.74) is 4.25. The molecular formula is C22H23N3O4. The fourth-order valence-corrected chi connectivity index (χ4v) is 4.41. The van der Waals surface area contributed by atoms with Crippen LogP contribution in [0.1, 0.15) is 5.56 Å². The highest BCUT2D eigenvalue weighted by Crippen LogP contribution is 2.42. The first kappa shape index (κ1) is 18.1. The molecule has 2 atom stereocenters. The topological polar surface area (TPSA) is 79.9 Å². The quantitative estimate of drug-likeness (QED) is 0.757. The molecule has 150 valence electrons. The van der Waals surface area contributed by atoms with Crippen LogP contribution in [0, 0.1) is 5.92 Å². The Morgan fingerprint density at radius 2 is 2.07 bits per heavy atom. The third kappa shape index (κ3) is 3.36. The van der Waals surface area contributed by atoms with E-state index in [9.17, 15) is 9.59 Å². The van der Waals surface area contributed by atoms with E-state index in [4.69, 9.17) is 9.47 Å². The maximum Gasteiger partial charge on any atom is 0.256 e. The summed E-state index contributed by atoms with van der Waals surface area (Å²) in [4.78, 5) is 27.7. The van der Waals surface area contributed by atoms with Gasteiger partial charge < -0.3 is 20.1 Å². The van der Waals surface area contributed by atoms with Gasteiger partial charge in [-0.3, -0.25) is 14.5 Å². The van der Waals surface area contributed by atoms with E-state index in [2.05, 4.69) is 15.5 Å². The molecule has 1 aromatic rings. The molecule has 1 aliphatic carbocycles. The second kappa shape index (κ2) is 7.50. The summed E-state index contributed by atoms with van der Waals surface area (Å²) in [5, 5.41) is 6.08. The number of anilines is 1. The van der Waals surface area contributed by atoms with Gasteiger partial charge in [-0.05, 0) is 17.2 Å². The molecule has 1 fully saturated rings. The minimum absolute atomic E-state index is 0.0411. The molecule has 0 spiro atoms. The monoisotopic (exact) mass is 393 g/mol. The van der Waals surface area contributed by atoms with E-state index in [0.29, 0.717) is 31.9 Å². The predicted octanol–water partition coefficient (Wildman–Crippen LogP) is 1.31. The minimum Gasteiger partial charge on any atom is -0.500 e. The molecule has 2 amide bonds. The number of hydrogen-bond acceptors (Lipinski definition) is 5. The number of para-hydroxylation sites is 1. The Balaban J connectivity index is 1.47. The number of nitrogens with zero attached hydrogens (tertiary/aromatic N) is 1. The molecule has 0 bridgehead atoms. The van der Waals surface area contributed by atoms with Crippen LogP contribution in [-0.4, -0.2) is 62.2 Å². The van der Waals surface area contributed by atoms with Crippen molar-refractivity contribution in [3.05, 3.63) is 59.4 Å². The Kier molecular flexibility index (Phi) is 4.69. The first-order valence-electron chi connectivity index (χ1n) is 9.95. The lowest BCUT2D eigenvalue weighted by Gasteiger charge is -2.31. The highest BCUT2D eigenvalue weighted by Gasteiger charge is 2.38. The van der Waals surface area contributed by atoms with E-state index >= 15 is 0 Å². The van der Waals surface area contributed by atoms with Gasteiger partial charge in [0.1, 0.15) is 0 Å².